The van der Waals surface area contributed by atoms with Crippen LogP contribution in [0, 0.1) is 0 Å². The molecule has 4 N–H and O–H groups in total. The quantitative estimate of drug-likeness (QED) is 0.736. The zero-order valence-electron chi connectivity index (χ0n) is 14.3. The first-order valence-corrected chi connectivity index (χ1v) is 9.84. The van der Waals surface area contributed by atoms with E-state index in [0.29, 0.717) is 12.5 Å². The fourth-order valence-corrected chi connectivity index (χ4v) is 4.18. The van der Waals surface area contributed by atoms with Gasteiger partial charge in [0.2, 0.25) is 10.0 Å². The van der Waals surface area contributed by atoms with Gasteiger partial charge in [0.05, 0.1) is 10.5 Å². The van der Waals surface area contributed by atoms with Crippen LogP contribution in [0.25, 0.3) is 0 Å². The number of alkyl halides is 3. The molecule has 0 heterocycles. The first-order valence-electron chi connectivity index (χ1n) is 8.29. The fraction of sp³-hybridized carbons (Fsp3) is 0.333. The number of fused-ring (bicyclic) bond motifs is 1. The minimum absolute atomic E-state index is 0.00394. The van der Waals surface area contributed by atoms with Gasteiger partial charge in [-0.1, -0.05) is 24.3 Å². The number of hydrogen-bond donors (Lipinski definition) is 3. The third-order valence-electron chi connectivity index (χ3n) is 4.73. The Hall–Kier alpha value is -2.10. The van der Waals surface area contributed by atoms with Crippen LogP contribution in [0.2, 0.25) is 0 Å². The van der Waals surface area contributed by atoms with Crippen LogP contribution >= 0.6 is 0 Å². The van der Waals surface area contributed by atoms with Crippen molar-refractivity contribution in [1.29, 1.82) is 0 Å². The van der Waals surface area contributed by atoms with Gasteiger partial charge in [-0.3, -0.25) is 0 Å². The molecule has 0 aliphatic heterocycles. The molecular weight excluding hydrogens is 381 g/mol. The van der Waals surface area contributed by atoms with E-state index in [-0.39, 0.29) is 12.2 Å². The maximum atomic E-state index is 13.2. The lowest BCUT2D eigenvalue weighted by Gasteiger charge is -2.35. The van der Waals surface area contributed by atoms with Crippen molar-refractivity contribution in [3.8, 4) is 0 Å². The van der Waals surface area contributed by atoms with Gasteiger partial charge < -0.3 is 10.4 Å². The Morgan fingerprint density at radius 1 is 1.19 bits per heavy atom. The predicted molar refractivity (Wildman–Crippen MR) is 94.6 cm³/mol. The summed E-state index contributed by atoms with van der Waals surface area (Å²) in [4.78, 5) is -0.984. The van der Waals surface area contributed by atoms with Crippen molar-refractivity contribution in [2.75, 3.05) is 11.9 Å². The molecule has 0 bridgehead atoms. The lowest BCUT2D eigenvalue weighted by Crippen LogP contribution is -2.37. The monoisotopic (exact) mass is 400 g/mol. The Morgan fingerprint density at radius 2 is 1.89 bits per heavy atom. The summed E-state index contributed by atoms with van der Waals surface area (Å²) in [6.45, 7) is -0.00394. The summed E-state index contributed by atoms with van der Waals surface area (Å²) in [6, 6.07) is 10.1. The molecular formula is C18H19F3N2O3S. The number of nitrogens with one attached hydrogen (secondary N) is 1. The van der Waals surface area contributed by atoms with Gasteiger partial charge in [0, 0.05) is 12.2 Å². The molecule has 1 atom stereocenters. The lowest BCUT2D eigenvalue weighted by molar-refractivity contribution is -0.139. The minimum atomic E-state index is -4.88. The highest BCUT2D eigenvalue weighted by atomic mass is 32.2. The number of rotatable bonds is 4. The van der Waals surface area contributed by atoms with E-state index in [2.05, 4.69) is 5.32 Å². The number of halogens is 3. The number of aryl methyl sites for hydroxylation is 1. The standard InChI is InChI=1S/C18H19F3N2O3S/c19-18(20,21)15-10-13(7-8-16(15)27(22,25)26)23-11-17(24)9-3-5-12-4-1-2-6-14(12)17/h1-2,4,6-8,10,23-24H,3,5,9,11H2,(H2,22,25,26). The molecule has 2 aromatic rings. The molecule has 9 heteroatoms. The van der Waals surface area contributed by atoms with Crippen LogP contribution in [-0.4, -0.2) is 20.1 Å². The Morgan fingerprint density at radius 3 is 2.56 bits per heavy atom. The van der Waals surface area contributed by atoms with Gasteiger partial charge in [0.25, 0.3) is 0 Å². The fourth-order valence-electron chi connectivity index (χ4n) is 3.44. The van der Waals surface area contributed by atoms with E-state index in [1.807, 2.05) is 12.1 Å². The Labute approximate surface area is 155 Å². The topological polar surface area (TPSA) is 92.4 Å². The molecule has 0 radical (unpaired) electrons. The zero-order chi connectivity index (χ0) is 19.9. The van der Waals surface area contributed by atoms with E-state index < -0.39 is 32.3 Å². The summed E-state index contributed by atoms with van der Waals surface area (Å²) in [5.41, 5.74) is -0.752. The lowest BCUT2D eigenvalue weighted by atomic mass is 9.79. The average molecular weight is 400 g/mol. The van der Waals surface area contributed by atoms with Gasteiger partial charge in [0.1, 0.15) is 5.60 Å². The Kier molecular flexibility index (Phi) is 4.96. The van der Waals surface area contributed by atoms with E-state index in [1.54, 1.807) is 12.1 Å². The zero-order valence-corrected chi connectivity index (χ0v) is 15.1. The summed E-state index contributed by atoms with van der Waals surface area (Å²) in [7, 11) is -4.52. The molecule has 0 spiro atoms. The van der Waals surface area contributed by atoms with E-state index in [9.17, 15) is 26.7 Å². The number of hydrogen-bond acceptors (Lipinski definition) is 4. The summed E-state index contributed by atoms with van der Waals surface area (Å²) < 4.78 is 62.5. The van der Waals surface area contributed by atoms with Crippen LogP contribution < -0.4 is 10.5 Å². The van der Waals surface area contributed by atoms with Crippen LogP contribution in [0.1, 0.15) is 29.5 Å². The maximum absolute atomic E-state index is 13.2. The largest absolute Gasteiger partial charge is 0.417 e. The molecule has 0 fully saturated rings. The van der Waals surface area contributed by atoms with Crippen molar-refractivity contribution < 1.29 is 26.7 Å². The van der Waals surface area contributed by atoms with Crippen molar-refractivity contribution in [2.24, 2.45) is 5.14 Å². The highest BCUT2D eigenvalue weighted by molar-refractivity contribution is 7.89. The smallest absolute Gasteiger partial charge is 0.383 e. The second kappa shape index (κ2) is 6.81. The number of anilines is 1. The van der Waals surface area contributed by atoms with Crippen molar-refractivity contribution in [2.45, 2.75) is 35.9 Å². The normalized spacial score (nSPS) is 20.2. The van der Waals surface area contributed by atoms with E-state index >= 15 is 0 Å². The maximum Gasteiger partial charge on any atom is 0.417 e. The third-order valence-corrected chi connectivity index (χ3v) is 5.70. The SMILES string of the molecule is NS(=O)(=O)c1ccc(NCC2(O)CCCc3ccccc32)cc1C(F)(F)F. The molecule has 2 aromatic carbocycles. The van der Waals surface area contributed by atoms with Crippen molar-refractivity contribution in [1.82, 2.24) is 0 Å². The number of sulfonamides is 1. The summed E-state index contributed by atoms with van der Waals surface area (Å²) in [5, 5.41) is 18.7. The second-order valence-corrected chi connectivity index (χ2v) is 8.18. The summed E-state index contributed by atoms with van der Waals surface area (Å²) >= 11 is 0. The van der Waals surface area contributed by atoms with E-state index in [4.69, 9.17) is 5.14 Å². The molecule has 1 unspecified atom stereocenters. The minimum Gasteiger partial charge on any atom is -0.383 e. The van der Waals surface area contributed by atoms with Crippen molar-refractivity contribution >= 4 is 15.7 Å². The third kappa shape index (κ3) is 4.10. The molecule has 0 saturated heterocycles. The van der Waals surface area contributed by atoms with Gasteiger partial charge in [-0.25, -0.2) is 13.6 Å². The molecule has 27 heavy (non-hydrogen) atoms. The predicted octanol–water partition coefficient (Wildman–Crippen LogP) is 2.99. The van der Waals surface area contributed by atoms with Crippen molar-refractivity contribution in [3.63, 3.8) is 0 Å². The van der Waals surface area contributed by atoms with Crippen LogP contribution in [0.15, 0.2) is 47.4 Å². The van der Waals surface area contributed by atoms with Gasteiger partial charge in [-0.15, -0.1) is 0 Å². The Bertz CT molecular complexity index is 961. The van der Waals surface area contributed by atoms with Gasteiger partial charge >= 0.3 is 6.18 Å². The number of aliphatic hydroxyl groups is 1. The molecule has 0 amide bonds. The van der Waals surface area contributed by atoms with E-state index in [0.717, 1.165) is 30.0 Å². The van der Waals surface area contributed by atoms with Crippen LogP contribution in [-0.2, 0) is 28.2 Å². The van der Waals surface area contributed by atoms with Gasteiger partial charge in [0.15, 0.2) is 0 Å². The summed E-state index contributed by atoms with van der Waals surface area (Å²) in [5.74, 6) is 0. The first kappa shape index (κ1) is 19.7. The molecule has 0 aromatic heterocycles. The van der Waals surface area contributed by atoms with Gasteiger partial charge in [-0.2, -0.15) is 13.2 Å². The van der Waals surface area contributed by atoms with Gasteiger partial charge in [-0.05, 0) is 48.6 Å². The molecule has 3 rings (SSSR count). The van der Waals surface area contributed by atoms with Crippen LogP contribution in [0.4, 0.5) is 18.9 Å². The number of primary sulfonamides is 1. The highest BCUT2D eigenvalue weighted by Gasteiger charge is 2.37. The highest BCUT2D eigenvalue weighted by Crippen LogP contribution is 2.37. The van der Waals surface area contributed by atoms with Crippen molar-refractivity contribution in [3.05, 3.63) is 59.2 Å². The molecule has 0 saturated carbocycles. The summed E-state index contributed by atoms with van der Waals surface area (Å²) in [6.07, 6.45) is -2.82. The first-order chi connectivity index (χ1) is 12.5. The molecule has 1 aliphatic carbocycles. The molecule has 5 nitrogen and oxygen atoms in total. The van der Waals surface area contributed by atoms with E-state index in [1.165, 1.54) is 6.07 Å². The second-order valence-electron chi connectivity index (χ2n) is 6.65. The molecule has 146 valence electrons. The van der Waals surface area contributed by atoms with Crippen LogP contribution in [0.3, 0.4) is 0 Å². The Balaban J connectivity index is 1.90. The number of nitrogens with two attached hydrogens (primary N) is 1. The number of benzene rings is 2. The average Bonchev–Trinajstić information content (AvgIpc) is 2.59. The van der Waals surface area contributed by atoms with Crippen LogP contribution in [0.5, 0.6) is 0 Å². The molecule has 1 aliphatic rings.